The molecule has 1 rings (SSSR count). The summed E-state index contributed by atoms with van der Waals surface area (Å²) < 4.78 is 0. The predicted molar refractivity (Wildman–Crippen MR) is 61.9 cm³/mol. The molecule has 0 atom stereocenters. The van der Waals surface area contributed by atoms with Crippen LogP contribution >= 0.6 is 0 Å². The third-order valence-corrected chi connectivity index (χ3v) is 1.82. The van der Waals surface area contributed by atoms with Gasteiger partial charge in [-0.25, -0.2) is 0 Å². The first-order chi connectivity index (χ1) is 7.63. The minimum absolute atomic E-state index is 0.149. The van der Waals surface area contributed by atoms with Gasteiger partial charge in [0.1, 0.15) is 0 Å². The Morgan fingerprint density at radius 1 is 1.31 bits per heavy atom. The van der Waals surface area contributed by atoms with E-state index >= 15 is 0 Å². The summed E-state index contributed by atoms with van der Waals surface area (Å²) in [5, 5.41) is 5.16. The molecule has 2 amide bonds. The molecule has 2 N–H and O–H groups in total. The van der Waals surface area contributed by atoms with E-state index in [2.05, 4.69) is 16.6 Å². The lowest BCUT2D eigenvalue weighted by Crippen LogP contribution is -2.23. The third-order valence-electron chi connectivity index (χ3n) is 1.82. The Balaban J connectivity index is 2.67. The van der Waals surface area contributed by atoms with Crippen LogP contribution in [0.4, 0.5) is 5.69 Å². The van der Waals surface area contributed by atoms with Crippen LogP contribution in [0.3, 0.4) is 0 Å². The summed E-state index contributed by atoms with van der Waals surface area (Å²) in [6, 6.07) is 6.56. The molecule has 16 heavy (non-hydrogen) atoms. The van der Waals surface area contributed by atoms with Crippen LogP contribution in [0.1, 0.15) is 17.3 Å². The molecule has 0 fully saturated rings. The van der Waals surface area contributed by atoms with Crippen molar-refractivity contribution in [2.45, 2.75) is 6.92 Å². The number of anilines is 1. The molecule has 0 aliphatic carbocycles. The summed E-state index contributed by atoms with van der Waals surface area (Å²) in [6.45, 7) is 1.62. The number of rotatable bonds is 3. The summed E-state index contributed by atoms with van der Waals surface area (Å²) in [4.78, 5) is 22.2. The molecule has 0 heterocycles. The Labute approximate surface area is 94.0 Å². The zero-order valence-corrected chi connectivity index (χ0v) is 8.91. The number of hydrogen-bond donors (Lipinski definition) is 2. The van der Waals surface area contributed by atoms with Crippen molar-refractivity contribution in [1.29, 1.82) is 0 Å². The fourth-order valence-corrected chi connectivity index (χ4v) is 1.14. The monoisotopic (exact) mass is 216 g/mol. The summed E-state index contributed by atoms with van der Waals surface area (Å²) in [5.41, 5.74) is 1.16. The van der Waals surface area contributed by atoms with Gasteiger partial charge in [0, 0.05) is 18.2 Å². The van der Waals surface area contributed by atoms with Crippen molar-refractivity contribution in [2.75, 3.05) is 11.9 Å². The number of terminal acetylenes is 1. The second kappa shape index (κ2) is 5.56. The Kier molecular flexibility index (Phi) is 4.10. The van der Waals surface area contributed by atoms with Gasteiger partial charge in [-0.15, -0.1) is 6.42 Å². The highest BCUT2D eigenvalue weighted by Gasteiger charge is 2.03. The molecule has 0 aromatic heterocycles. The minimum Gasteiger partial charge on any atom is -0.341 e. The number of nitrogens with one attached hydrogen (secondary N) is 2. The summed E-state index contributed by atoms with van der Waals surface area (Å²) in [5.74, 6) is 1.94. The molecule has 0 unspecified atom stereocenters. The lowest BCUT2D eigenvalue weighted by Gasteiger charge is -2.04. The molecule has 4 nitrogen and oxygen atoms in total. The molecule has 4 heteroatoms. The first-order valence-electron chi connectivity index (χ1n) is 4.73. The van der Waals surface area contributed by atoms with Crippen LogP contribution in [0.15, 0.2) is 24.3 Å². The van der Waals surface area contributed by atoms with E-state index in [4.69, 9.17) is 6.42 Å². The highest BCUT2D eigenvalue weighted by Crippen LogP contribution is 2.09. The van der Waals surface area contributed by atoms with Gasteiger partial charge in [0.2, 0.25) is 5.91 Å². The number of hydrogen-bond acceptors (Lipinski definition) is 2. The Morgan fingerprint density at radius 2 is 1.94 bits per heavy atom. The molecule has 1 aromatic rings. The normalized spacial score (nSPS) is 9.00. The molecule has 1 aromatic carbocycles. The third kappa shape index (κ3) is 3.46. The van der Waals surface area contributed by atoms with E-state index in [1.165, 1.54) is 6.92 Å². The average molecular weight is 216 g/mol. The van der Waals surface area contributed by atoms with Crippen molar-refractivity contribution in [3.05, 3.63) is 29.8 Å². The number of carbonyl (C=O) groups is 2. The van der Waals surface area contributed by atoms with E-state index in [0.29, 0.717) is 11.3 Å². The first kappa shape index (κ1) is 11.8. The number of benzene rings is 1. The van der Waals surface area contributed by atoms with E-state index in [0.717, 1.165) is 0 Å². The minimum atomic E-state index is -0.229. The largest absolute Gasteiger partial charge is 0.341 e. The van der Waals surface area contributed by atoms with Crippen molar-refractivity contribution in [3.8, 4) is 12.3 Å². The highest BCUT2D eigenvalue weighted by molar-refractivity contribution is 5.95. The molecule has 0 spiro atoms. The maximum Gasteiger partial charge on any atom is 0.252 e. The number of carbonyl (C=O) groups excluding carboxylic acids is 2. The molecule has 0 aliphatic rings. The van der Waals surface area contributed by atoms with Gasteiger partial charge in [-0.05, 0) is 24.3 Å². The van der Waals surface area contributed by atoms with Gasteiger partial charge in [-0.3, -0.25) is 9.59 Å². The molecule has 0 saturated heterocycles. The molecule has 0 bridgehead atoms. The fourth-order valence-electron chi connectivity index (χ4n) is 1.14. The zero-order valence-electron chi connectivity index (χ0n) is 8.91. The maximum absolute atomic E-state index is 11.4. The smallest absolute Gasteiger partial charge is 0.252 e. The molecule has 82 valence electrons. The zero-order chi connectivity index (χ0) is 12.0. The molecular formula is C12H12N2O2. The lowest BCUT2D eigenvalue weighted by molar-refractivity contribution is -0.114. The summed E-state index contributed by atoms with van der Waals surface area (Å²) >= 11 is 0. The summed E-state index contributed by atoms with van der Waals surface area (Å²) in [7, 11) is 0. The van der Waals surface area contributed by atoms with Gasteiger partial charge in [0.25, 0.3) is 5.91 Å². The topological polar surface area (TPSA) is 58.2 Å². The van der Waals surface area contributed by atoms with Gasteiger partial charge in [-0.2, -0.15) is 0 Å². The maximum atomic E-state index is 11.4. The second-order valence-electron chi connectivity index (χ2n) is 3.15. The SMILES string of the molecule is C#CCNC(=O)c1ccc(NC(C)=O)cc1. The van der Waals surface area contributed by atoms with Crippen LogP contribution in [-0.2, 0) is 4.79 Å². The molecular weight excluding hydrogens is 204 g/mol. The predicted octanol–water partition coefficient (Wildman–Crippen LogP) is 1.01. The fraction of sp³-hybridized carbons (Fsp3) is 0.167. The Hall–Kier alpha value is -2.28. The van der Waals surface area contributed by atoms with E-state index in [9.17, 15) is 9.59 Å². The van der Waals surface area contributed by atoms with Gasteiger partial charge in [0.15, 0.2) is 0 Å². The van der Waals surface area contributed by atoms with Crippen LogP contribution in [0, 0.1) is 12.3 Å². The van der Waals surface area contributed by atoms with Crippen LogP contribution < -0.4 is 10.6 Å². The van der Waals surface area contributed by atoms with Crippen LogP contribution in [0.25, 0.3) is 0 Å². The molecule has 0 aliphatic heterocycles. The molecule has 0 saturated carbocycles. The Morgan fingerprint density at radius 3 is 2.44 bits per heavy atom. The van der Waals surface area contributed by atoms with Gasteiger partial charge in [0.05, 0.1) is 6.54 Å². The Bertz CT molecular complexity index is 429. The second-order valence-corrected chi connectivity index (χ2v) is 3.15. The molecule has 0 radical (unpaired) electrons. The van der Waals surface area contributed by atoms with Crippen LogP contribution in [0.2, 0.25) is 0 Å². The van der Waals surface area contributed by atoms with E-state index in [1.807, 2.05) is 0 Å². The van der Waals surface area contributed by atoms with Gasteiger partial charge in [-0.1, -0.05) is 5.92 Å². The summed E-state index contributed by atoms with van der Waals surface area (Å²) in [6.07, 6.45) is 5.02. The van der Waals surface area contributed by atoms with Crippen molar-refractivity contribution in [3.63, 3.8) is 0 Å². The lowest BCUT2D eigenvalue weighted by atomic mass is 10.2. The van der Waals surface area contributed by atoms with Gasteiger partial charge >= 0.3 is 0 Å². The van der Waals surface area contributed by atoms with E-state index < -0.39 is 0 Å². The van der Waals surface area contributed by atoms with Crippen molar-refractivity contribution in [2.24, 2.45) is 0 Å². The van der Waals surface area contributed by atoms with Gasteiger partial charge < -0.3 is 10.6 Å². The van der Waals surface area contributed by atoms with E-state index in [1.54, 1.807) is 24.3 Å². The highest BCUT2D eigenvalue weighted by atomic mass is 16.2. The van der Waals surface area contributed by atoms with Crippen molar-refractivity contribution >= 4 is 17.5 Å². The van der Waals surface area contributed by atoms with Crippen molar-refractivity contribution in [1.82, 2.24) is 5.32 Å². The first-order valence-corrected chi connectivity index (χ1v) is 4.73. The standard InChI is InChI=1S/C12H12N2O2/c1-3-8-13-12(16)10-4-6-11(7-5-10)14-9(2)15/h1,4-7H,8H2,2H3,(H,13,16)(H,14,15). The van der Waals surface area contributed by atoms with Crippen LogP contribution in [0.5, 0.6) is 0 Å². The average Bonchev–Trinajstić information content (AvgIpc) is 2.26. The number of amides is 2. The van der Waals surface area contributed by atoms with Crippen molar-refractivity contribution < 1.29 is 9.59 Å². The van der Waals surface area contributed by atoms with Crippen LogP contribution in [-0.4, -0.2) is 18.4 Å². The quantitative estimate of drug-likeness (QED) is 0.741. The van der Waals surface area contributed by atoms with E-state index in [-0.39, 0.29) is 18.4 Å².